The number of hydrogen-bond donors (Lipinski definition) is 3. The van der Waals surface area contributed by atoms with Gasteiger partial charge >= 0.3 is 6.18 Å². The fourth-order valence-corrected chi connectivity index (χ4v) is 3.14. The van der Waals surface area contributed by atoms with E-state index in [2.05, 4.69) is 10.6 Å². The van der Waals surface area contributed by atoms with Crippen LogP contribution < -0.4 is 16.0 Å². The minimum absolute atomic E-state index is 0.0465. The Bertz CT molecular complexity index is 1170. The van der Waals surface area contributed by atoms with Gasteiger partial charge in [0.05, 0.1) is 0 Å². The monoisotopic (exact) mass is 469 g/mol. The topological polar surface area (TPSA) is 87.3 Å². The second-order valence-corrected chi connectivity index (χ2v) is 7.50. The molecule has 0 bridgehead atoms. The summed E-state index contributed by atoms with van der Waals surface area (Å²) in [5, 5.41) is 7.18. The summed E-state index contributed by atoms with van der Waals surface area (Å²) in [4.78, 5) is 38.0. The molecule has 1 atom stereocenters. The van der Waals surface area contributed by atoms with Crippen LogP contribution in [0.2, 0.25) is 0 Å². The van der Waals surface area contributed by atoms with Crippen molar-refractivity contribution in [2.24, 2.45) is 0 Å². The highest BCUT2D eigenvalue weighted by Crippen LogP contribution is 2.21. The first kappa shape index (κ1) is 24.5. The maximum Gasteiger partial charge on any atom is 0.405 e. The third-order valence-corrected chi connectivity index (χ3v) is 4.91. The lowest BCUT2D eigenvalue weighted by Crippen LogP contribution is -2.37. The molecule has 3 amide bonds. The SMILES string of the molecule is Cc1ccc(C(=O)NCC(F)(F)F)cc1NC(=O)[C@H](NC(=O)c1ccccc1)c1ccccc1. The molecule has 3 aromatic rings. The summed E-state index contributed by atoms with van der Waals surface area (Å²) in [7, 11) is 0. The van der Waals surface area contributed by atoms with Crippen molar-refractivity contribution in [1.82, 2.24) is 10.6 Å². The molecule has 0 radical (unpaired) electrons. The summed E-state index contributed by atoms with van der Waals surface area (Å²) in [6, 6.07) is 20.1. The fourth-order valence-electron chi connectivity index (χ4n) is 3.14. The normalized spacial score (nSPS) is 11.9. The molecule has 176 valence electrons. The van der Waals surface area contributed by atoms with Gasteiger partial charge < -0.3 is 16.0 Å². The summed E-state index contributed by atoms with van der Waals surface area (Å²) in [5.74, 6) is -1.96. The largest absolute Gasteiger partial charge is 0.405 e. The molecule has 0 spiro atoms. The minimum Gasteiger partial charge on any atom is -0.343 e. The predicted molar refractivity (Wildman–Crippen MR) is 121 cm³/mol. The number of halogens is 3. The van der Waals surface area contributed by atoms with E-state index in [1.807, 2.05) is 0 Å². The number of aryl methyl sites for hydroxylation is 1. The number of hydrogen-bond acceptors (Lipinski definition) is 3. The molecule has 3 rings (SSSR count). The minimum atomic E-state index is -4.54. The van der Waals surface area contributed by atoms with Crippen molar-refractivity contribution in [3.8, 4) is 0 Å². The van der Waals surface area contributed by atoms with Gasteiger partial charge in [-0.05, 0) is 42.3 Å². The molecule has 0 unspecified atom stereocenters. The van der Waals surface area contributed by atoms with Crippen LogP contribution in [0.3, 0.4) is 0 Å². The summed E-state index contributed by atoms with van der Waals surface area (Å²) in [6.45, 7) is 0.204. The highest BCUT2D eigenvalue weighted by molar-refractivity contribution is 6.03. The molecule has 0 aromatic heterocycles. The van der Waals surface area contributed by atoms with Gasteiger partial charge in [-0.2, -0.15) is 13.2 Å². The maximum absolute atomic E-state index is 13.2. The highest BCUT2D eigenvalue weighted by atomic mass is 19.4. The van der Waals surface area contributed by atoms with Crippen molar-refractivity contribution in [2.75, 3.05) is 11.9 Å². The molecule has 0 fully saturated rings. The Hall–Kier alpha value is -4.14. The molecular weight excluding hydrogens is 447 g/mol. The predicted octanol–water partition coefficient (Wildman–Crippen LogP) is 4.40. The van der Waals surface area contributed by atoms with Crippen molar-refractivity contribution >= 4 is 23.4 Å². The molecule has 6 nitrogen and oxygen atoms in total. The smallest absolute Gasteiger partial charge is 0.343 e. The molecule has 0 saturated heterocycles. The van der Waals surface area contributed by atoms with Crippen molar-refractivity contribution in [2.45, 2.75) is 19.1 Å². The molecule has 0 aliphatic carbocycles. The lowest BCUT2D eigenvalue weighted by Gasteiger charge is -2.20. The van der Waals surface area contributed by atoms with E-state index in [1.165, 1.54) is 18.2 Å². The van der Waals surface area contributed by atoms with Crippen LogP contribution in [0.25, 0.3) is 0 Å². The van der Waals surface area contributed by atoms with Crippen LogP contribution in [0.15, 0.2) is 78.9 Å². The van der Waals surface area contributed by atoms with Crippen molar-refractivity contribution < 1.29 is 27.6 Å². The van der Waals surface area contributed by atoms with E-state index in [1.54, 1.807) is 72.9 Å². The second kappa shape index (κ2) is 10.7. The molecule has 9 heteroatoms. The van der Waals surface area contributed by atoms with Crippen LogP contribution in [0.5, 0.6) is 0 Å². The molecule has 0 saturated carbocycles. The Morgan fingerprint density at radius 1 is 0.824 bits per heavy atom. The van der Waals surface area contributed by atoms with Gasteiger partial charge in [-0.1, -0.05) is 54.6 Å². The van der Waals surface area contributed by atoms with Crippen molar-refractivity contribution in [3.05, 3.63) is 101 Å². The number of anilines is 1. The number of alkyl halides is 3. The van der Waals surface area contributed by atoms with Gasteiger partial charge in [0.2, 0.25) is 0 Å². The Labute approximate surface area is 194 Å². The number of benzene rings is 3. The summed E-state index contributed by atoms with van der Waals surface area (Å²) >= 11 is 0. The van der Waals surface area contributed by atoms with Gasteiger partial charge in [0.1, 0.15) is 12.6 Å². The van der Waals surface area contributed by atoms with Crippen LogP contribution in [0.1, 0.15) is 37.9 Å². The van der Waals surface area contributed by atoms with Gasteiger partial charge in [-0.25, -0.2) is 0 Å². The molecule has 0 aliphatic heterocycles. The van der Waals surface area contributed by atoms with Gasteiger partial charge in [0.15, 0.2) is 0 Å². The third kappa shape index (κ3) is 6.68. The van der Waals surface area contributed by atoms with E-state index in [0.29, 0.717) is 16.7 Å². The zero-order chi connectivity index (χ0) is 24.7. The number of amides is 3. The highest BCUT2D eigenvalue weighted by Gasteiger charge is 2.28. The average Bonchev–Trinajstić information content (AvgIpc) is 2.82. The van der Waals surface area contributed by atoms with Gasteiger partial charge in [-0.15, -0.1) is 0 Å². The summed E-state index contributed by atoms with van der Waals surface area (Å²) < 4.78 is 37.3. The fraction of sp³-hybridized carbons (Fsp3) is 0.160. The number of carbonyl (C=O) groups is 3. The van der Waals surface area contributed by atoms with Gasteiger partial charge in [-0.3, -0.25) is 14.4 Å². The first-order valence-electron chi connectivity index (χ1n) is 10.3. The summed E-state index contributed by atoms with van der Waals surface area (Å²) in [6.07, 6.45) is -4.54. The average molecular weight is 469 g/mol. The van der Waals surface area contributed by atoms with E-state index in [4.69, 9.17) is 0 Å². The Balaban J connectivity index is 1.82. The van der Waals surface area contributed by atoms with Crippen LogP contribution in [0, 0.1) is 6.92 Å². The second-order valence-electron chi connectivity index (χ2n) is 7.50. The lowest BCUT2D eigenvalue weighted by molar-refractivity contribution is -0.123. The molecule has 0 heterocycles. The molecule has 3 aromatic carbocycles. The first-order valence-corrected chi connectivity index (χ1v) is 10.3. The summed E-state index contributed by atoms with van der Waals surface area (Å²) in [5.41, 5.74) is 1.67. The van der Waals surface area contributed by atoms with E-state index < -0.39 is 36.5 Å². The Morgan fingerprint density at radius 2 is 1.44 bits per heavy atom. The lowest BCUT2D eigenvalue weighted by atomic mass is 10.0. The first-order chi connectivity index (χ1) is 16.1. The van der Waals surface area contributed by atoms with E-state index >= 15 is 0 Å². The quantitative estimate of drug-likeness (QED) is 0.480. The molecule has 0 aliphatic rings. The van der Waals surface area contributed by atoms with E-state index in [-0.39, 0.29) is 11.3 Å². The third-order valence-electron chi connectivity index (χ3n) is 4.91. The van der Waals surface area contributed by atoms with Gasteiger partial charge in [0.25, 0.3) is 17.7 Å². The maximum atomic E-state index is 13.2. The van der Waals surface area contributed by atoms with Crippen molar-refractivity contribution in [1.29, 1.82) is 0 Å². The number of nitrogens with one attached hydrogen (secondary N) is 3. The Morgan fingerprint density at radius 3 is 2.06 bits per heavy atom. The van der Waals surface area contributed by atoms with Crippen LogP contribution >= 0.6 is 0 Å². The Kier molecular flexibility index (Phi) is 7.68. The van der Waals surface area contributed by atoms with E-state index in [0.717, 1.165) is 0 Å². The number of rotatable bonds is 7. The van der Waals surface area contributed by atoms with Crippen LogP contribution in [-0.4, -0.2) is 30.4 Å². The van der Waals surface area contributed by atoms with E-state index in [9.17, 15) is 27.6 Å². The van der Waals surface area contributed by atoms with Crippen molar-refractivity contribution in [3.63, 3.8) is 0 Å². The zero-order valence-electron chi connectivity index (χ0n) is 18.1. The van der Waals surface area contributed by atoms with Crippen LogP contribution in [0.4, 0.5) is 18.9 Å². The van der Waals surface area contributed by atoms with Gasteiger partial charge in [0, 0.05) is 16.8 Å². The number of carbonyl (C=O) groups excluding carboxylic acids is 3. The molecule has 34 heavy (non-hydrogen) atoms. The molecule has 3 N–H and O–H groups in total. The molecular formula is C25H22F3N3O3. The standard InChI is InChI=1S/C25H22F3N3O3/c1-16-12-13-19(22(32)29-15-25(26,27)28)14-20(16)30-24(34)21(17-8-4-2-5-9-17)31-23(33)18-10-6-3-7-11-18/h2-14,21H,15H2,1H3,(H,29,32)(H,30,34)(H,31,33)/t21-/m1/s1. The zero-order valence-corrected chi connectivity index (χ0v) is 18.1. The van der Waals surface area contributed by atoms with Crippen LogP contribution in [-0.2, 0) is 4.79 Å².